The smallest absolute Gasteiger partial charge is 0.257 e. The van der Waals surface area contributed by atoms with Gasteiger partial charge in [-0.1, -0.05) is 24.3 Å². The van der Waals surface area contributed by atoms with E-state index in [0.29, 0.717) is 23.5 Å². The average Bonchev–Trinajstić information content (AvgIpc) is 3.13. The molecule has 0 spiro atoms. The van der Waals surface area contributed by atoms with Gasteiger partial charge >= 0.3 is 0 Å². The van der Waals surface area contributed by atoms with Gasteiger partial charge in [0.2, 0.25) is 5.91 Å². The Morgan fingerprint density at radius 3 is 2.27 bits per heavy atom. The van der Waals surface area contributed by atoms with Crippen molar-refractivity contribution in [1.82, 2.24) is 10.2 Å². The first kappa shape index (κ1) is 26.0. The summed E-state index contributed by atoms with van der Waals surface area (Å²) in [7, 11) is 2.98. The first-order valence-corrected chi connectivity index (χ1v) is 11.8. The van der Waals surface area contributed by atoms with E-state index in [-0.39, 0.29) is 17.3 Å². The second-order valence-electron chi connectivity index (χ2n) is 8.45. The van der Waals surface area contributed by atoms with Crippen LogP contribution in [-0.4, -0.2) is 42.6 Å². The summed E-state index contributed by atoms with van der Waals surface area (Å²) in [5.41, 5.74) is -0.289. The molecule has 0 aliphatic carbocycles. The SMILES string of the molecule is COc1ccc(CCN2C(=S)NC(=O)C2(CC(=O)Nc2ccc(OC)cc2F)c2ccc(F)cc2)cc1. The number of thiocarbonyl (C=S) groups is 1. The van der Waals surface area contributed by atoms with Crippen LogP contribution in [0.3, 0.4) is 0 Å². The number of nitrogens with zero attached hydrogens (tertiary/aromatic N) is 1. The largest absolute Gasteiger partial charge is 0.497 e. The number of hydrogen-bond acceptors (Lipinski definition) is 5. The maximum Gasteiger partial charge on any atom is 0.257 e. The summed E-state index contributed by atoms with van der Waals surface area (Å²) >= 11 is 5.47. The zero-order chi connectivity index (χ0) is 26.6. The Hall–Kier alpha value is -4.05. The van der Waals surface area contributed by atoms with Crippen LogP contribution in [0.4, 0.5) is 14.5 Å². The summed E-state index contributed by atoms with van der Waals surface area (Å²) in [6, 6.07) is 16.8. The van der Waals surface area contributed by atoms with Gasteiger partial charge in [-0.05, 0) is 66.2 Å². The average molecular weight is 526 g/mol. The summed E-state index contributed by atoms with van der Waals surface area (Å²) in [6.07, 6.45) is 0.107. The maximum atomic E-state index is 14.5. The fourth-order valence-corrected chi connectivity index (χ4v) is 4.67. The monoisotopic (exact) mass is 525 g/mol. The third kappa shape index (κ3) is 5.39. The highest BCUT2D eigenvalue weighted by atomic mass is 32.1. The van der Waals surface area contributed by atoms with Gasteiger partial charge < -0.3 is 25.0 Å². The number of carbonyl (C=O) groups is 2. The molecule has 3 aromatic carbocycles. The standard InChI is InChI=1S/C27H25F2N3O4S/c1-35-20-9-3-17(4-10-20)13-14-32-26(37)31-25(34)27(32,18-5-7-19(28)8-6-18)16-24(33)30-23-12-11-21(36-2)15-22(23)29/h3-12,15H,13-14,16H2,1-2H3,(H,30,33)(H,31,34,37). The van der Waals surface area contributed by atoms with Crippen LogP contribution in [0.5, 0.6) is 11.5 Å². The molecule has 2 N–H and O–H groups in total. The van der Waals surface area contributed by atoms with Crippen molar-refractivity contribution in [1.29, 1.82) is 0 Å². The summed E-state index contributed by atoms with van der Waals surface area (Å²) in [5, 5.41) is 5.33. The van der Waals surface area contributed by atoms with Crippen LogP contribution in [0.25, 0.3) is 0 Å². The van der Waals surface area contributed by atoms with E-state index in [4.69, 9.17) is 21.7 Å². The van der Waals surface area contributed by atoms with Crippen molar-refractivity contribution >= 4 is 34.8 Å². The van der Waals surface area contributed by atoms with E-state index in [1.54, 1.807) is 12.0 Å². The highest BCUT2D eigenvalue weighted by Gasteiger charge is 2.53. The number of hydrogen-bond donors (Lipinski definition) is 2. The molecule has 1 fully saturated rings. The zero-order valence-electron chi connectivity index (χ0n) is 20.2. The van der Waals surface area contributed by atoms with Gasteiger partial charge in [0, 0.05) is 12.6 Å². The Morgan fingerprint density at radius 2 is 1.65 bits per heavy atom. The van der Waals surface area contributed by atoms with Crippen LogP contribution in [0.15, 0.2) is 66.7 Å². The molecular weight excluding hydrogens is 500 g/mol. The van der Waals surface area contributed by atoms with Crippen molar-refractivity contribution < 1.29 is 27.8 Å². The van der Waals surface area contributed by atoms with Crippen molar-refractivity contribution in [2.24, 2.45) is 0 Å². The molecule has 1 saturated heterocycles. The predicted octanol–water partition coefficient (Wildman–Crippen LogP) is 4.17. The normalized spacial score (nSPS) is 16.9. The van der Waals surface area contributed by atoms with Crippen molar-refractivity contribution in [2.75, 3.05) is 26.1 Å². The molecular formula is C27H25F2N3O4S. The number of carbonyl (C=O) groups excluding carboxylic acids is 2. The number of amides is 2. The lowest BCUT2D eigenvalue weighted by Gasteiger charge is -2.36. The number of anilines is 1. The molecule has 1 aliphatic heterocycles. The third-order valence-corrected chi connectivity index (χ3v) is 6.60. The first-order chi connectivity index (χ1) is 17.8. The molecule has 4 rings (SSSR count). The Morgan fingerprint density at radius 1 is 1.00 bits per heavy atom. The van der Waals surface area contributed by atoms with Gasteiger partial charge in [0.15, 0.2) is 10.7 Å². The number of rotatable bonds is 9. The number of halogens is 2. The molecule has 0 saturated carbocycles. The molecule has 0 aromatic heterocycles. The summed E-state index contributed by atoms with van der Waals surface area (Å²) in [4.78, 5) is 28.3. The van der Waals surface area contributed by atoms with Crippen LogP contribution in [0.2, 0.25) is 0 Å². The van der Waals surface area contributed by atoms with Gasteiger partial charge in [-0.25, -0.2) is 8.78 Å². The highest BCUT2D eigenvalue weighted by molar-refractivity contribution is 7.80. The minimum Gasteiger partial charge on any atom is -0.497 e. The van der Waals surface area contributed by atoms with Crippen molar-refractivity contribution in [3.05, 3.63) is 89.5 Å². The molecule has 37 heavy (non-hydrogen) atoms. The molecule has 10 heteroatoms. The van der Waals surface area contributed by atoms with Crippen LogP contribution in [0.1, 0.15) is 17.5 Å². The van der Waals surface area contributed by atoms with Crippen LogP contribution < -0.4 is 20.1 Å². The van der Waals surface area contributed by atoms with Crippen LogP contribution in [0, 0.1) is 11.6 Å². The number of methoxy groups -OCH3 is 2. The molecule has 7 nitrogen and oxygen atoms in total. The molecule has 1 unspecified atom stereocenters. The topological polar surface area (TPSA) is 79.9 Å². The van der Waals surface area contributed by atoms with Gasteiger partial charge in [0.25, 0.3) is 5.91 Å². The second-order valence-corrected chi connectivity index (χ2v) is 8.83. The number of benzene rings is 3. The van der Waals surface area contributed by atoms with E-state index in [9.17, 15) is 18.4 Å². The molecule has 0 bridgehead atoms. The first-order valence-electron chi connectivity index (χ1n) is 11.4. The summed E-state index contributed by atoms with van der Waals surface area (Å²) in [5.74, 6) is -1.32. The maximum absolute atomic E-state index is 14.5. The number of ether oxygens (including phenoxy) is 2. The molecule has 0 radical (unpaired) electrons. The van der Waals surface area contributed by atoms with Gasteiger partial charge in [-0.2, -0.15) is 0 Å². The zero-order valence-corrected chi connectivity index (χ0v) is 21.0. The Balaban J connectivity index is 1.65. The minimum atomic E-state index is -1.57. The predicted molar refractivity (Wildman–Crippen MR) is 138 cm³/mol. The fraction of sp³-hybridized carbons (Fsp3) is 0.222. The molecule has 3 aromatic rings. The lowest BCUT2D eigenvalue weighted by atomic mass is 9.84. The van der Waals surface area contributed by atoms with Gasteiger partial charge in [0.05, 0.1) is 26.3 Å². The molecule has 1 heterocycles. The second kappa shape index (κ2) is 10.9. The van der Waals surface area contributed by atoms with Crippen LogP contribution >= 0.6 is 12.2 Å². The van der Waals surface area contributed by atoms with Gasteiger partial charge in [0.1, 0.15) is 23.1 Å². The molecule has 192 valence electrons. The van der Waals surface area contributed by atoms with E-state index < -0.39 is 35.4 Å². The Labute approximate surface area is 218 Å². The summed E-state index contributed by atoms with van der Waals surface area (Å²) < 4.78 is 38.5. The van der Waals surface area contributed by atoms with Crippen LogP contribution in [-0.2, 0) is 21.5 Å². The van der Waals surface area contributed by atoms with E-state index in [0.717, 1.165) is 11.6 Å². The number of nitrogens with one attached hydrogen (secondary N) is 2. The van der Waals surface area contributed by atoms with Crippen molar-refractivity contribution in [3.63, 3.8) is 0 Å². The fourth-order valence-electron chi connectivity index (χ4n) is 4.33. The van der Waals surface area contributed by atoms with E-state index in [1.807, 2.05) is 24.3 Å². The van der Waals surface area contributed by atoms with Gasteiger partial charge in [-0.15, -0.1) is 0 Å². The lowest BCUT2D eigenvalue weighted by Crippen LogP contribution is -2.50. The summed E-state index contributed by atoms with van der Waals surface area (Å²) in [6.45, 7) is 0.283. The van der Waals surface area contributed by atoms with E-state index in [1.165, 1.54) is 43.5 Å². The van der Waals surface area contributed by atoms with Gasteiger partial charge in [-0.3, -0.25) is 9.59 Å². The Bertz CT molecular complexity index is 1320. The molecule has 1 aliphatic rings. The third-order valence-electron chi connectivity index (χ3n) is 6.27. The Kier molecular flexibility index (Phi) is 7.68. The van der Waals surface area contributed by atoms with E-state index in [2.05, 4.69) is 10.6 Å². The van der Waals surface area contributed by atoms with Crippen molar-refractivity contribution in [3.8, 4) is 11.5 Å². The quantitative estimate of drug-likeness (QED) is 0.409. The minimum absolute atomic E-state index is 0.0641. The lowest BCUT2D eigenvalue weighted by molar-refractivity contribution is -0.131. The molecule has 1 atom stereocenters. The molecule has 2 amide bonds. The van der Waals surface area contributed by atoms with E-state index >= 15 is 0 Å². The highest BCUT2D eigenvalue weighted by Crippen LogP contribution is 2.38. The van der Waals surface area contributed by atoms with Crippen molar-refractivity contribution in [2.45, 2.75) is 18.4 Å².